The topological polar surface area (TPSA) is 21.3 Å². The number of alkyl halides is 1. The van der Waals surface area contributed by atoms with Crippen molar-refractivity contribution in [3.8, 4) is 0 Å². The number of ether oxygens (including phenoxy) is 1. The van der Waals surface area contributed by atoms with E-state index in [0.717, 1.165) is 13.0 Å². The zero-order chi connectivity index (χ0) is 8.27. The molecule has 1 N–H and O–H groups in total. The Kier molecular flexibility index (Phi) is 3.27. The van der Waals surface area contributed by atoms with Gasteiger partial charge in [-0.1, -0.05) is 6.92 Å². The zero-order valence-electron chi connectivity index (χ0n) is 7.14. The number of nitrogens with one attached hydrogen (secondary N) is 1. The number of methoxy groups -OCH3 is 1. The highest BCUT2D eigenvalue weighted by molar-refractivity contribution is 4.84. The molecule has 1 aliphatic rings. The lowest BCUT2D eigenvalue weighted by atomic mass is 9.99. The van der Waals surface area contributed by atoms with Gasteiger partial charge in [-0.05, 0) is 6.42 Å². The van der Waals surface area contributed by atoms with Crippen molar-refractivity contribution in [3.63, 3.8) is 0 Å². The van der Waals surface area contributed by atoms with Crippen LogP contribution in [0.4, 0.5) is 4.39 Å². The van der Waals surface area contributed by atoms with Crippen LogP contribution in [0.2, 0.25) is 0 Å². The standard InChI is InChI=1S/C8H16FNO/c1-3-8-7(9)4-6(11-2)5-10-8/h6-8,10H,3-5H2,1-2H3. The summed E-state index contributed by atoms with van der Waals surface area (Å²) in [7, 11) is 1.63. The first-order valence-electron chi connectivity index (χ1n) is 4.18. The minimum atomic E-state index is -0.737. The molecular formula is C8H16FNO. The Bertz CT molecular complexity index is 121. The second kappa shape index (κ2) is 4.02. The van der Waals surface area contributed by atoms with E-state index in [0.29, 0.717) is 6.42 Å². The van der Waals surface area contributed by atoms with E-state index in [9.17, 15) is 4.39 Å². The van der Waals surface area contributed by atoms with Gasteiger partial charge in [0, 0.05) is 26.1 Å². The van der Waals surface area contributed by atoms with Gasteiger partial charge in [-0.3, -0.25) is 0 Å². The van der Waals surface area contributed by atoms with Gasteiger partial charge in [0.2, 0.25) is 0 Å². The third-order valence-corrected chi connectivity index (χ3v) is 2.31. The number of hydrogen-bond acceptors (Lipinski definition) is 2. The van der Waals surface area contributed by atoms with Crippen LogP contribution in [0.15, 0.2) is 0 Å². The average Bonchev–Trinajstić information content (AvgIpc) is 2.04. The average molecular weight is 161 g/mol. The molecule has 0 aromatic rings. The van der Waals surface area contributed by atoms with Crippen molar-refractivity contribution < 1.29 is 9.13 Å². The molecule has 1 heterocycles. The molecule has 1 saturated heterocycles. The van der Waals surface area contributed by atoms with Crippen molar-refractivity contribution in [2.24, 2.45) is 0 Å². The van der Waals surface area contributed by atoms with E-state index >= 15 is 0 Å². The molecule has 0 aromatic heterocycles. The van der Waals surface area contributed by atoms with Gasteiger partial charge in [0.15, 0.2) is 0 Å². The second-order valence-electron chi connectivity index (χ2n) is 3.03. The largest absolute Gasteiger partial charge is 0.380 e. The van der Waals surface area contributed by atoms with Crippen molar-refractivity contribution in [1.29, 1.82) is 0 Å². The summed E-state index contributed by atoms with van der Waals surface area (Å²) in [5, 5.41) is 3.12. The fourth-order valence-electron chi connectivity index (χ4n) is 1.49. The van der Waals surface area contributed by atoms with Crippen LogP contribution >= 0.6 is 0 Å². The first-order valence-corrected chi connectivity index (χ1v) is 4.18. The van der Waals surface area contributed by atoms with Gasteiger partial charge in [-0.25, -0.2) is 4.39 Å². The summed E-state index contributed by atoms with van der Waals surface area (Å²) in [6, 6.07) is 0.0430. The van der Waals surface area contributed by atoms with Gasteiger partial charge in [-0.15, -0.1) is 0 Å². The van der Waals surface area contributed by atoms with Crippen molar-refractivity contribution in [2.75, 3.05) is 13.7 Å². The molecule has 0 aromatic carbocycles. The van der Waals surface area contributed by atoms with Crippen molar-refractivity contribution in [2.45, 2.75) is 38.1 Å². The quantitative estimate of drug-likeness (QED) is 0.655. The van der Waals surface area contributed by atoms with Crippen LogP contribution in [0.25, 0.3) is 0 Å². The van der Waals surface area contributed by atoms with Crippen LogP contribution in [0.3, 0.4) is 0 Å². The van der Waals surface area contributed by atoms with Crippen LogP contribution < -0.4 is 5.32 Å². The summed E-state index contributed by atoms with van der Waals surface area (Å²) in [6.07, 6.45) is 0.728. The molecule has 66 valence electrons. The van der Waals surface area contributed by atoms with Gasteiger partial charge >= 0.3 is 0 Å². The molecule has 0 saturated carbocycles. The lowest BCUT2D eigenvalue weighted by Gasteiger charge is -2.31. The zero-order valence-corrected chi connectivity index (χ0v) is 7.14. The molecule has 0 radical (unpaired) electrons. The van der Waals surface area contributed by atoms with E-state index in [4.69, 9.17) is 4.74 Å². The first-order chi connectivity index (χ1) is 5.27. The fraction of sp³-hybridized carbons (Fsp3) is 1.00. The van der Waals surface area contributed by atoms with Crippen LogP contribution in [0.5, 0.6) is 0 Å². The van der Waals surface area contributed by atoms with E-state index in [2.05, 4.69) is 5.32 Å². The lowest BCUT2D eigenvalue weighted by molar-refractivity contribution is 0.0323. The van der Waals surface area contributed by atoms with E-state index in [1.807, 2.05) is 6.92 Å². The van der Waals surface area contributed by atoms with Crippen LogP contribution in [-0.2, 0) is 4.74 Å². The maximum atomic E-state index is 13.1. The number of rotatable bonds is 2. The Labute approximate surface area is 67.1 Å². The first kappa shape index (κ1) is 8.94. The van der Waals surface area contributed by atoms with E-state index in [1.165, 1.54) is 0 Å². The minimum Gasteiger partial charge on any atom is -0.380 e. The van der Waals surface area contributed by atoms with Crippen molar-refractivity contribution in [3.05, 3.63) is 0 Å². The molecule has 11 heavy (non-hydrogen) atoms. The Morgan fingerprint density at radius 1 is 1.64 bits per heavy atom. The molecule has 0 spiro atoms. The molecule has 3 atom stereocenters. The molecule has 1 rings (SSSR count). The summed E-state index contributed by atoms with van der Waals surface area (Å²) in [6.45, 7) is 2.78. The van der Waals surface area contributed by atoms with Crippen LogP contribution in [0, 0.1) is 0 Å². The van der Waals surface area contributed by atoms with Crippen LogP contribution in [0.1, 0.15) is 19.8 Å². The maximum Gasteiger partial charge on any atom is 0.118 e. The monoisotopic (exact) mass is 161 g/mol. The normalized spacial score (nSPS) is 39.0. The van der Waals surface area contributed by atoms with E-state index < -0.39 is 6.17 Å². The summed E-state index contributed by atoms with van der Waals surface area (Å²) >= 11 is 0. The van der Waals surface area contributed by atoms with Gasteiger partial charge < -0.3 is 10.1 Å². The third kappa shape index (κ3) is 2.14. The Morgan fingerprint density at radius 2 is 2.36 bits per heavy atom. The SMILES string of the molecule is CCC1NCC(OC)CC1F. The van der Waals surface area contributed by atoms with Gasteiger partial charge in [0.1, 0.15) is 6.17 Å². The number of hydrogen-bond donors (Lipinski definition) is 1. The highest BCUT2D eigenvalue weighted by atomic mass is 19.1. The third-order valence-electron chi connectivity index (χ3n) is 2.31. The molecular weight excluding hydrogens is 145 g/mol. The molecule has 1 aliphatic heterocycles. The molecule has 1 fully saturated rings. The van der Waals surface area contributed by atoms with E-state index in [-0.39, 0.29) is 12.1 Å². The molecule has 3 unspecified atom stereocenters. The molecule has 0 amide bonds. The smallest absolute Gasteiger partial charge is 0.118 e. The van der Waals surface area contributed by atoms with E-state index in [1.54, 1.807) is 7.11 Å². The molecule has 3 heteroatoms. The van der Waals surface area contributed by atoms with Crippen LogP contribution in [-0.4, -0.2) is 32.0 Å². The van der Waals surface area contributed by atoms with Gasteiger partial charge in [0.25, 0.3) is 0 Å². The van der Waals surface area contributed by atoms with Gasteiger partial charge in [-0.2, -0.15) is 0 Å². The number of piperidine rings is 1. The Hall–Kier alpha value is -0.150. The fourth-order valence-corrected chi connectivity index (χ4v) is 1.49. The summed E-state index contributed by atoms with van der Waals surface area (Å²) in [5.41, 5.74) is 0. The lowest BCUT2D eigenvalue weighted by Crippen LogP contribution is -2.49. The second-order valence-corrected chi connectivity index (χ2v) is 3.03. The summed E-state index contributed by atoms with van der Waals surface area (Å²) in [5.74, 6) is 0. The molecule has 0 aliphatic carbocycles. The highest BCUT2D eigenvalue weighted by Gasteiger charge is 2.28. The molecule has 0 bridgehead atoms. The summed E-state index contributed by atoms with van der Waals surface area (Å²) in [4.78, 5) is 0. The van der Waals surface area contributed by atoms with Crippen molar-refractivity contribution >= 4 is 0 Å². The Balaban J connectivity index is 2.34. The summed E-state index contributed by atoms with van der Waals surface area (Å²) < 4.78 is 18.2. The molecule has 2 nitrogen and oxygen atoms in total. The predicted molar refractivity (Wildman–Crippen MR) is 42.4 cm³/mol. The maximum absolute atomic E-state index is 13.1. The Morgan fingerprint density at radius 3 is 2.82 bits per heavy atom. The minimum absolute atomic E-state index is 0.0430. The highest BCUT2D eigenvalue weighted by Crippen LogP contribution is 2.16. The van der Waals surface area contributed by atoms with Crippen molar-refractivity contribution in [1.82, 2.24) is 5.32 Å². The van der Waals surface area contributed by atoms with Gasteiger partial charge in [0.05, 0.1) is 6.10 Å². The number of halogens is 1. The predicted octanol–water partition coefficient (Wildman–Crippen LogP) is 1.11.